The van der Waals surface area contributed by atoms with Crippen molar-refractivity contribution in [3.63, 3.8) is 0 Å². The number of aromatic amines is 1. The molecular weight excluding hydrogens is 232 g/mol. The van der Waals surface area contributed by atoms with Crippen molar-refractivity contribution in [3.05, 3.63) is 23.5 Å². The number of Topliss-reactive ketones (excluding diaryl/α,β-unsaturated/α-hetero) is 1. The number of carbonyl (C=O) groups excluding carboxylic acids is 2. The lowest BCUT2D eigenvalue weighted by Gasteiger charge is -2.18. The molecule has 2 rings (SSSR count). The van der Waals surface area contributed by atoms with Crippen molar-refractivity contribution in [2.75, 3.05) is 6.61 Å². The molecule has 0 spiro atoms. The van der Waals surface area contributed by atoms with Gasteiger partial charge < -0.3 is 15.4 Å². The number of aliphatic hydroxyl groups is 1. The van der Waals surface area contributed by atoms with Gasteiger partial charge >= 0.3 is 0 Å². The van der Waals surface area contributed by atoms with Gasteiger partial charge in [0.05, 0.1) is 0 Å². The van der Waals surface area contributed by atoms with Crippen LogP contribution in [0.5, 0.6) is 0 Å². The maximum atomic E-state index is 12.0. The molecule has 0 radical (unpaired) electrons. The van der Waals surface area contributed by atoms with Crippen LogP contribution in [0.1, 0.15) is 47.0 Å². The molecule has 2 atom stereocenters. The standard InChI is InChI=1S/C13H18N2O3/c1-8(17)10-5-12(14-6-10)13(18)15-11-4-2-3-9(11)7-16/h5-6,9,11,14,16H,2-4,7H2,1H3,(H,15,18). The molecule has 1 aliphatic rings. The zero-order valence-corrected chi connectivity index (χ0v) is 10.4. The van der Waals surface area contributed by atoms with Crippen LogP contribution in [0.4, 0.5) is 0 Å². The van der Waals surface area contributed by atoms with E-state index >= 15 is 0 Å². The number of hydrogen-bond donors (Lipinski definition) is 3. The fourth-order valence-corrected chi connectivity index (χ4v) is 2.42. The second kappa shape index (κ2) is 5.35. The Hall–Kier alpha value is -1.62. The van der Waals surface area contributed by atoms with Gasteiger partial charge in [-0.15, -0.1) is 0 Å². The SMILES string of the molecule is CC(=O)c1c[nH]c(C(=O)NC2CCCC2CO)c1. The first-order valence-electron chi connectivity index (χ1n) is 6.23. The van der Waals surface area contributed by atoms with Gasteiger partial charge in [-0.3, -0.25) is 9.59 Å². The number of carbonyl (C=O) groups is 2. The average Bonchev–Trinajstić information content (AvgIpc) is 2.96. The molecule has 3 N–H and O–H groups in total. The third-order valence-corrected chi connectivity index (χ3v) is 3.54. The van der Waals surface area contributed by atoms with Crippen LogP contribution in [-0.2, 0) is 0 Å². The van der Waals surface area contributed by atoms with Crippen LogP contribution < -0.4 is 5.32 Å². The molecule has 2 unspecified atom stereocenters. The number of amides is 1. The molecule has 18 heavy (non-hydrogen) atoms. The molecule has 0 aliphatic heterocycles. The van der Waals surface area contributed by atoms with Crippen LogP contribution in [0.25, 0.3) is 0 Å². The molecule has 1 amide bonds. The van der Waals surface area contributed by atoms with Gasteiger partial charge in [-0.25, -0.2) is 0 Å². The van der Waals surface area contributed by atoms with E-state index in [1.54, 1.807) is 6.07 Å². The molecule has 1 saturated carbocycles. The molecule has 98 valence electrons. The lowest BCUT2D eigenvalue weighted by molar-refractivity contribution is 0.0911. The van der Waals surface area contributed by atoms with Gasteiger partial charge in [-0.1, -0.05) is 6.42 Å². The predicted octanol–water partition coefficient (Wildman–Crippen LogP) is 1.11. The van der Waals surface area contributed by atoms with E-state index in [1.807, 2.05) is 0 Å². The highest BCUT2D eigenvalue weighted by Gasteiger charge is 2.28. The van der Waals surface area contributed by atoms with Crippen molar-refractivity contribution in [1.29, 1.82) is 0 Å². The second-order valence-electron chi connectivity index (χ2n) is 4.81. The molecule has 1 aromatic rings. The Labute approximate surface area is 106 Å². The van der Waals surface area contributed by atoms with E-state index in [-0.39, 0.29) is 30.3 Å². The van der Waals surface area contributed by atoms with E-state index in [9.17, 15) is 14.7 Å². The van der Waals surface area contributed by atoms with E-state index in [0.717, 1.165) is 19.3 Å². The third-order valence-electron chi connectivity index (χ3n) is 3.54. The van der Waals surface area contributed by atoms with Crippen LogP contribution >= 0.6 is 0 Å². The minimum Gasteiger partial charge on any atom is -0.396 e. The molecule has 1 heterocycles. The summed E-state index contributed by atoms with van der Waals surface area (Å²) in [6, 6.07) is 1.59. The van der Waals surface area contributed by atoms with E-state index < -0.39 is 0 Å². The number of aliphatic hydroxyl groups excluding tert-OH is 1. The summed E-state index contributed by atoms with van der Waals surface area (Å²) >= 11 is 0. The van der Waals surface area contributed by atoms with Gasteiger partial charge in [0, 0.05) is 30.3 Å². The lowest BCUT2D eigenvalue weighted by Crippen LogP contribution is -2.38. The highest BCUT2D eigenvalue weighted by atomic mass is 16.3. The molecule has 5 heteroatoms. The van der Waals surface area contributed by atoms with Gasteiger partial charge in [0.1, 0.15) is 5.69 Å². The largest absolute Gasteiger partial charge is 0.396 e. The second-order valence-corrected chi connectivity index (χ2v) is 4.81. The van der Waals surface area contributed by atoms with Gasteiger partial charge in [0.15, 0.2) is 5.78 Å². The van der Waals surface area contributed by atoms with Crippen LogP contribution in [0.3, 0.4) is 0 Å². The Morgan fingerprint density at radius 1 is 1.50 bits per heavy atom. The van der Waals surface area contributed by atoms with E-state index in [4.69, 9.17) is 0 Å². The number of hydrogen-bond acceptors (Lipinski definition) is 3. The van der Waals surface area contributed by atoms with Gasteiger partial charge in [0.25, 0.3) is 5.91 Å². The maximum Gasteiger partial charge on any atom is 0.267 e. The van der Waals surface area contributed by atoms with Crippen LogP contribution in [0.2, 0.25) is 0 Å². The van der Waals surface area contributed by atoms with Crippen molar-refractivity contribution < 1.29 is 14.7 Å². The quantitative estimate of drug-likeness (QED) is 0.700. The average molecular weight is 250 g/mol. The number of ketones is 1. The van der Waals surface area contributed by atoms with Gasteiger partial charge in [-0.2, -0.15) is 0 Å². The number of nitrogens with one attached hydrogen (secondary N) is 2. The molecular formula is C13H18N2O3. The van der Waals surface area contributed by atoms with Crippen molar-refractivity contribution >= 4 is 11.7 Å². The van der Waals surface area contributed by atoms with Crippen molar-refractivity contribution in [2.45, 2.75) is 32.2 Å². The fraction of sp³-hybridized carbons (Fsp3) is 0.538. The first-order valence-corrected chi connectivity index (χ1v) is 6.23. The molecule has 0 bridgehead atoms. The summed E-state index contributed by atoms with van der Waals surface area (Å²) < 4.78 is 0. The molecule has 1 aromatic heterocycles. The smallest absolute Gasteiger partial charge is 0.267 e. The topological polar surface area (TPSA) is 82.2 Å². The fourth-order valence-electron chi connectivity index (χ4n) is 2.42. The van der Waals surface area contributed by atoms with E-state index in [2.05, 4.69) is 10.3 Å². The van der Waals surface area contributed by atoms with Crippen molar-refractivity contribution in [2.24, 2.45) is 5.92 Å². The lowest BCUT2D eigenvalue weighted by atomic mass is 10.1. The van der Waals surface area contributed by atoms with E-state index in [1.165, 1.54) is 13.1 Å². The predicted molar refractivity (Wildman–Crippen MR) is 66.5 cm³/mol. The summed E-state index contributed by atoms with van der Waals surface area (Å²) in [6.45, 7) is 1.57. The maximum absolute atomic E-state index is 12.0. The third kappa shape index (κ3) is 2.61. The monoisotopic (exact) mass is 250 g/mol. The number of rotatable bonds is 4. The molecule has 5 nitrogen and oxygen atoms in total. The first-order chi connectivity index (χ1) is 8.61. The Bertz CT molecular complexity index is 453. The number of H-pyrrole nitrogens is 1. The summed E-state index contributed by atoms with van der Waals surface area (Å²) in [5.41, 5.74) is 0.897. The summed E-state index contributed by atoms with van der Waals surface area (Å²) in [5, 5.41) is 12.1. The molecule has 0 saturated heterocycles. The van der Waals surface area contributed by atoms with E-state index in [0.29, 0.717) is 11.3 Å². The minimum atomic E-state index is -0.215. The number of aromatic nitrogens is 1. The van der Waals surface area contributed by atoms with Crippen molar-refractivity contribution in [3.8, 4) is 0 Å². The van der Waals surface area contributed by atoms with Crippen LogP contribution in [0, 0.1) is 5.92 Å². The van der Waals surface area contributed by atoms with Gasteiger partial charge in [-0.05, 0) is 25.8 Å². The normalized spacial score (nSPS) is 23.0. The molecule has 1 fully saturated rings. The Kier molecular flexibility index (Phi) is 3.81. The molecule has 1 aliphatic carbocycles. The Morgan fingerprint density at radius 2 is 2.28 bits per heavy atom. The summed E-state index contributed by atoms with van der Waals surface area (Å²) in [5.74, 6) is -0.136. The van der Waals surface area contributed by atoms with Gasteiger partial charge in [0.2, 0.25) is 0 Å². The van der Waals surface area contributed by atoms with Crippen LogP contribution in [0.15, 0.2) is 12.3 Å². The summed E-state index contributed by atoms with van der Waals surface area (Å²) in [4.78, 5) is 25.9. The van der Waals surface area contributed by atoms with Crippen molar-refractivity contribution in [1.82, 2.24) is 10.3 Å². The molecule has 0 aromatic carbocycles. The minimum absolute atomic E-state index is 0.0339. The Balaban J connectivity index is 2.00. The Morgan fingerprint density at radius 3 is 2.89 bits per heavy atom. The summed E-state index contributed by atoms with van der Waals surface area (Å²) in [7, 11) is 0. The summed E-state index contributed by atoms with van der Waals surface area (Å²) in [6.07, 6.45) is 4.41. The first kappa shape index (κ1) is 12.8. The zero-order valence-electron chi connectivity index (χ0n) is 10.4. The highest BCUT2D eigenvalue weighted by molar-refractivity contribution is 5.99. The van der Waals surface area contributed by atoms with Crippen LogP contribution in [-0.4, -0.2) is 34.4 Å². The highest BCUT2D eigenvalue weighted by Crippen LogP contribution is 2.25. The zero-order chi connectivity index (χ0) is 13.1.